The highest BCUT2D eigenvalue weighted by Crippen LogP contribution is 2.25. The molecule has 116 valence electrons. The maximum absolute atomic E-state index is 12.1. The number of ether oxygens (including phenoxy) is 1. The second kappa shape index (κ2) is 7.47. The van der Waals surface area contributed by atoms with Gasteiger partial charge in [-0.2, -0.15) is 0 Å². The molecule has 0 aromatic carbocycles. The number of amides is 2. The van der Waals surface area contributed by atoms with Crippen molar-refractivity contribution in [3.05, 3.63) is 0 Å². The highest BCUT2D eigenvalue weighted by atomic mass is 16.5. The van der Waals surface area contributed by atoms with Crippen molar-refractivity contribution in [1.29, 1.82) is 0 Å². The van der Waals surface area contributed by atoms with Crippen LogP contribution in [0.3, 0.4) is 0 Å². The van der Waals surface area contributed by atoms with E-state index >= 15 is 0 Å². The Morgan fingerprint density at radius 3 is 2.55 bits per heavy atom. The molecule has 2 amide bonds. The van der Waals surface area contributed by atoms with E-state index in [1.165, 1.54) is 0 Å². The highest BCUT2D eigenvalue weighted by molar-refractivity contribution is 5.78. The first-order valence-electron chi connectivity index (χ1n) is 7.28. The summed E-state index contributed by atoms with van der Waals surface area (Å²) in [5, 5.41) is 12.1. The molecule has 0 aromatic rings. The van der Waals surface area contributed by atoms with E-state index in [0.717, 1.165) is 12.8 Å². The van der Waals surface area contributed by atoms with Crippen molar-refractivity contribution in [2.24, 2.45) is 5.41 Å². The first kappa shape index (κ1) is 16.8. The summed E-state index contributed by atoms with van der Waals surface area (Å²) in [6.45, 7) is 5.12. The van der Waals surface area contributed by atoms with Crippen LogP contribution in [-0.4, -0.2) is 54.9 Å². The Hall–Kier alpha value is -1.30. The lowest BCUT2D eigenvalue weighted by Crippen LogP contribution is -2.51. The van der Waals surface area contributed by atoms with Crippen molar-refractivity contribution in [2.75, 3.05) is 26.7 Å². The van der Waals surface area contributed by atoms with Crippen molar-refractivity contribution < 1.29 is 19.4 Å². The number of hydrogen-bond acceptors (Lipinski definition) is 3. The first-order valence-corrected chi connectivity index (χ1v) is 7.28. The van der Waals surface area contributed by atoms with Gasteiger partial charge in [-0.05, 0) is 25.7 Å². The molecule has 0 bridgehead atoms. The molecule has 1 atom stereocenters. The molecule has 1 aliphatic heterocycles. The Bertz CT molecular complexity index is 342. The van der Waals surface area contributed by atoms with Gasteiger partial charge in [0.15, 0.2) is 0 Å². The second-order valence-corrected chi connectivity index (χ2v) is 5.40. The number of carboxylic acid groups (broad SMARTS) is 1. The number of nitrogens with one attached hydrogen (secondary N) is 1. The molecule has 0 aromatic heterocycles. The monoisotopic (exact) mass is 286 g/mol. The van der Waals surface area contributed by atoms with Crippen LogP contribution in [0.2, 0.25) is 0 Å². The van der Waals surface area contributed by atoms with Gasteiger partial charge in [0.25, 0.3) is 0 Å². The molecule has 1 heterocycles. The third-order valence-electron chi connectivity index (χ3n) is 4.38. The number of carboxylic acids is 1. The van der Waals surface area contributed by atoms with Gasteiger partial charge in [-0.3, -0.25) is 4.79 Å². The third-order valence-corrected chi connectivity index (χ3v) is 4.38. The summed E-state index contributed by atoms with van der Waals surface area (Å²) in [5.74, 6) is -0.851. The zero-order valence-corrected chi connectivity index (χ0v) is 12.6. The van der Waals surface area contributed by atoms with E-state index in [1.807, 2.05) is 13.8 Å². The number of piperidine rings is 1. The van der Waals surface area contributed by atoms with Gasteiger partial charge in [-0.15, -0.1) is 0 Å². The number of carbonyl (C=O) groups is 2. The molecule has 0 radical (unpaired) electrons. The number of likely N-dealkylation sites (tertiary alicyclic amines) is 1. The molecule has 20 heavy (non-hydrogen) atoms. The van der Waals surface area contributed by atoms with Crippen LogP contribution >= 0.6 is 0 Å². The third kappa shape index (κ3) is 3.85. The lowest BCUT2D eigenvalue weighted by Gasteiger charge is -2.33. The molecule has 1 unspecified atom stereocenters. The van der Waals surface area contributed by atoms with Crippen LogP contribution < -0.4 is 5.32 Å². The Labute approximate surface area is 120 Å². The lowest BCUT2D eigenvalue weighted by atomic mass is 9.82. The van der Waals surface area contributed by atoms with Gasteiger partial charge in [0, 0.05) is 26.7 Å². The fourth-order valence-electron chi connectivity index (χ4n) is 2.55. The number of methoxy groups -OCH3 is 1. The van der Waals surface area contributed by atoms with Gasteiger partial charge in [0.2, 0.25) is 0 Å². The summed E-state index contributed by atoms with van der Waals surface area (Å²) in [5.41, 5.74) is -0.869. The van der Waals surface area contributed by atoms with E-state index in [9.17, 15) is 14.7 Å². The maximum Gasteiger partial charge on any atom is 0.317 e. The molecule has 0 saturated carbocycles. The largest absolute Gasteiger partial charge is 0.481 e. The predicted molar refractivity (Wildman–Crippen MR) is 75.7 cm³/mol. The van der Waals surface area contributed by atoms with Gasteiger partial charge in [-0.1, -0.05) is 13.8 Å². The Balaban J connectivity index is 2.55. The van der Waals surface area contributed by atoms with Crippen LogP contribution in [0.1, 0.15) is 39.5 Å². The normalized spacial score (nSPS) is 19.8. The van der Waals surface area contributed by atoms with Crippen molar-refractivity contribution in [3.8, 4) is 0 Å². The Morgan fingerprint density at radius 1 is 1.40 bits per heavy atom. The molecular weight excluding hydrogens is 260 g/mol. The number of carbonyl (C=O) groups excluding carboxylic acids is 1. The molecule has 6 heteroatoms. The molecular formula is C14H26N2O4. The summed E-state index contributed by atoms with van der Waals surface area (Å²) >= 11 is 0. The smallest absolute Gasteiger partial charge is 0.317 e. The van der Waals surface area contributed by atoms with Crippen molar-refractivity contribution in [2.45, 2.75) is 45.6 Å². The summed E-state index contributed by atoms with van der Waals surface area (Å²) in [6.07, 6.45) is 2.96. The topological polar surface area (TPSA) is 78.9 Å². The van der Waals surface area contributed by atoms with E-state index in [0.29, 0.717) is 25.9 Å². The summed E-state index contributed by atoms with van der Waals surface area (Å²) < 4.78 is 5.28. The van der Waals surface area contributed by atoms with E-state index in [-0.39, 0.29) is 18.7 Å². The minimum absolute atomic E-state index is 0.0797. The summed E-state index contributed by atoms with van der Waals surface area (Å²) in [4.78, 5) is 25.2. The number of urea groups is 1. The Kier molecular flexibility index (Phi) is 6.26. The van der Waals surface area contributed by atoms with E-state index in [1.54, 1.807) is 12.0 Å². The molecule has 2 N–H and O–H groups in total. The lowest BCUT2D eigenvalue weighted by molar-refractivity contribution is -0.149. The number of hydrogen-bond donors (Lipinski definition) is 2. The average molecular weight is 286 g/mol. The van der Waals surface area contributed by atoms with Crippen LogP contribution in [0, 0.1) is 5.41 Å². The van der Waals surface area contributed by atoms with Gasteiger partial charge in [-0.25, -0.2) is 4.79 Å². The maximum atomic E-state index is 12.1. The van der Waals surface area contributed by atoms with Gasteiger partial charge < -0.3 is 20.1 Å². The number of aliphatic carboxylic acids is 1. The molecule has 6 nitrogen and oxygen atoms in total. The molecule has 0 aliphatic carbocycles. The van der Waals surface area contributed by atoms with Crippen molar-refractivity contribution in [3.63, 3.8) is 0 Å². The standard InChI is InChI=1S/C14H26N2O4/c1-4-14(5-2,12(17)18)10-15-13(19)16-8-6-7-11(9-16)20-3/h11H,4-10H2,1-3H3,(H,15,19)(H,17,18). The van der Waals surface area contributed by atoms with Gasteiger partial charge >= 0.3 is 12.0 Å². The fraction of sp³-hybridized carbons (Fsp3) is 0.857. The van der Waals surface area contributed by atoms with E-state index in [4.69, 9.17) is 4.74 Å². The molecule has 1 fully saturated rings. The molecule has 1 saturated heterocycles. The van der Waals surface area contributed by atoms with Gasteiger partial charge in [0.05, 0.1) is 11.5 Å². The quantitative estimate of drug-likeness (QED) is 0.779. The van der Waals surface area contributed by atoms with Crippen LogP contribution in [0.4, 0.5) is 4.79 Å². The molecule has 1 aliphatic rings. The van der Waals surface area contributed by atoms with Crippen LogP contribution in [0.15, 0.2) is 0 Å². The average Bonchev–Trinajstić information content (AvgIpc) is 2.48. The predicted octanol–water partition coefficient (Wildman–Crippen LogP) is 1.70. The van der Waals surface area contributed by atoms with Crippen LogP contribution in [-0.2, 0) is 9.53 Å². The molecule has 0 spiro atoms. The second-order valence-electron chi connectivity index (χ2n) is 5.40. The number of rotatable bonds is 6. The zero-order chi connectivity index (χ0) is 15.2. The van der Waals surface area contributed by atoms with E-state index in [2.05, 4.69) is 5.32 Å². The van der Waals surface area contributed by atoms with Crippen molar-refractivity contribution >= 4 is 12.0 Å². The van der Waals surface area contributed by atoms with Gasteiger partial charge in [0.1, 0.15) is 0 Å². The van der Waals surface area contributed by atoms with E-state index < -0.39 is 11.4 Å². The van der Waals surface area contributed by atoms with Crippen LogP contribution in [0.25, 0.3) is 0 Å². The highest BCUT2D eigenvalue weighted by Gasteiger charge is 2.35. The minimum atomic E-state index is -0.869. The first-order chi connectivity index (χ1) is 9.49. The number of nitrogens with zero attached hydrogens (tertiary/aromatic N) is 1. The molecule has 1 rings (SSSR count). The fourth-order valence-corrected chi connectivity index (χ4v) is 2.55. The Morgan fingerprint density at radius 2 is 2.05 bits per heavy atom. The minimum Gasteiger partial charge on any atom is -0.481 e. The SMILES string of the molecule is CCC(CC)(CNC(=O)N1CCCC(OC)C1)C(=O)O. The van der Waals surface area contributed by atoms with Crippen LogP contribution in [0.5, 0.6) is 0 Å². The summed E-state index contributed by atoms with van der Waals surface area (Å²) in [7, 11) is 1.65. The summed E-state index contributed by atoms with van der Waals surface area (Å²) in [6, 6.07) is -0.195. The zero-order valence-electron chi connectivity index (χ0n) is 12.6. The van der Waals surface area contributed by atoms with Crippen molar-refractivity contribution in [1.82, 2.24) is 10.2 Å².